The second-order valence-electron chi connectivity index (χ2n) is 1.87. The van der Waals surface area contributed by atoms with E-state index >= 15 is 0 Å². The highest BCUT2D eigenvalue weighted by atomic mass is 16.6. The summed E-state index contributed by atoms with van der Waals surface area (Å²) in [6, 6.07) is 2.99. The molecule has 11 heavy (non-hydrogen) atoms. The van der Waals surface area contributed by atoms with Gasteiger partial charge in [0.25, 0.3) is 0 Å². The van der Waals surface area contributed by atoms with Crippen molar-refractivity contribution in [2.24, 2.45) is 0 Å². The van der Waals surface area contributed by atoms with Crippen molar-refractivity contribution in [3.8, 4) is 5.88 Å². The molecule has 0 amide bonds. The number of nitrogens with zero attached hydrogens (tertiary/aromatic N) is 1. The molecule has 0 unspecified atom stereocenters. The number of nitrogen functional groups attached to an aromatic ring is 1. The molecule has 0 spiro atoms. The lowest BCUT2D eigenvalue weighted by molar-refractivity contribution is 0.283. The summed E-state index contributed by atoms with van der Waals surface area (Å²) in [6.07, 6.45) is 1.36. The van der Waals surface area contributed by atoms with Gasteiger partial charge in [0.2, 0.25) is 0 Å². The van der Waals surface area contributed by atoms with Gasteiger partial charge in [0.1, 0.15) is 0 Å². The van der Waals surface area contributed by atoms with E-state index in [-0.39, 0.29) is 5.88 Å². The summed E-state index contributed by atoms with van der Waals surface area (Å²) in [5.41, 5.74) is 5.80. The van der Waals surface area contributed by atoms with Crippen molar-refractivity contribution in [2.75, 3.05) is 5.73 Å². The van der Waals surface area contributed by atoms with Crippen molar-refractivity contribution in [3.63, 3.8) is 0 Å². The van der Waals surface area contributed by atoms with E-state index in [2.05, 4.69) is 9.64 Å². The second kappa shape index (κ2) is 3.22. The molecule has 0 aliphatic carbocycles. The van der Waals surface area contributed by atoms with E-state index in [9.17, 15) is 0 Å². The van der Waals surface area contributed by atoms with Gasteiger partial charge in [-0.1, -0.05) is 0 Å². The van der Waals surface area contributed by atoms with Gasteiger partial charge in [-0.25, -0.2) is 4.98 Å². The van der Waals surface area contributed by atoms with E-state index in [1.54, 1.807) is 6.07 Å². The average Bonchev–Trinajstić information content (AvgIpc) is 1.93. The topological polar surface area (TPSA) is 88.6 Å². The van der Waals surface area contributed by atoms with Crippen LogP contribution in [0.2, 0.25) is 0 Å². The normalized spacial score (nSPS) is 9.27. The molecule has 1 heterocycles. The fraction of sp³-hybridized carbons (Fsp3) is 0. The zero-order chi connectivity index (χ0) is 8.27. The maximum absolute atomic E-state index is 8.34. The molecule has 0 saturated carbocycles. The van der Waals surface area contributed by atoms with E-state index in [4.69, 9.17) is 15.8 Å². The quantitative estimate of drug-likeness (QED) is 0.476. The van der Waals surface area contributed by atoms with Crippen LogP contribution in [0.15, 0.2) is 18.3 Å². The molecule has 0 bridgehead atoms. The minimum atomic E-state index is -1.84. The van der Waals surface area contributed by atoms with Crippen LogP contribution < -0.4 is 10.4 Å². The van der Waals surface area contributed by atoms with Crippen molar-refractivity contribution in [3.05, 3.63) is 18.3 Å². The minimum Gasteiger partial charge on any atom is -0.498 e. The van der Waals surface area contributed by atoms with Gasteiger partial charge in [-0.15, -0.1) is 0 Å². The Labute approximate surface area is 63.6 Å². The molecule has 58 valence electrons. The van der Waals surface area contributed by atoms with E-state index in [1.807, 2.05) is 0 Å². The van der Waals surface area contributed by atoms with Gasteiger partial charge >= 0.3 is 7.32 Å². The number of anilines is 1. The molecular formula is C5H7BN2O3. The predicted molar refractivity (Wildman–Crippen MR) is 39.5 cm³/mol. The summed E-state index contributed by atoms with van der Waals surface area (Å²) < 4.78 is 4.41. The Morgan fingerprint density at radius 3 is 2.64 bits per heavy atom. The SMILES string of the molecule is Nc1ccc(OB(O)O)nc1. The molecule has 0 radical (unpaired) electrons. The third kappa shape index (κ3) is 2.44. The number of nitrogens with two attached hydrogens (primary N) is 1. The van der Waals surface area contributed by atoms with Crippen LogP contribution in [0.3, 0.4) is 0 Å². The highest BCUT2D eigenvalue weighted by Gasteiger charge is 2.10. The lowest BCUT2D eigenvalue weighted by Crippen LogP contribution is -2.21. The molecule has 0 aliphatic heterocycles. The van der Waals surface area contributed by atoms with Crippen molar-refractivity contribution < 1.29 is 14.7 Å². The fourth-order valence-corrected chi connectivity index (χ4v) is 0.569. The summed E-state index contributed by atoms with van der Waals surface area (Å²) >= 11 is 0. The molecule has 0 aliphatic rings. The maximum atomic E-state index is 8.34. The van der Waals surface area contributed by atoms with Gasteiger partial charge in [-0.3, -0.25) is 0 Å². The van der Waals surface area contributed by atoms with Gasteiger partial charge in [0, 0.05) is 6.07 Å². The summed E-state index contributed by atoms with van der Waals surface area (Å²) in [5, 5.41) is 16.7. The Bertz CT molecular complexity index is 226. The van der Waals surface area contributed by atoms with Crippen LogP contribution in [0.25, 0.3) is 0 Å². The summed E-state index contributed by atoms with van der Waals surface area (Å²) in [4.78, 5) is 3.65. The van der Waals surface area contributed by atoms with Crippen molar-refractivity contribution in [1.82, 2.24) is 4.98 Å². The van der Waals surface area contributed by atoms with E-state index < -0.39 is 7.32 Å². The standard InChI is InChI=1S/C5H7BN2O3/c7-4-1-2-5(8-3-4)11-6(9)10/h1-3,9-10H,7H2. The Hall–Kier alpha value is -1.27. The molecule has 6 heteroatoms. The Morgan fingerprint density at radius 2 is 2.18 bits per heavy atom. The number of hydrogen-bond acceptors (Lipinski definition) is 5. The van der Waals surface area contributed by atoms with Gasteiger partial charge in [0.05, 0.1) is 11.9 Å². The second-order valence-corrected chi connectivity index (χ2v) is 1.87. The first-order chi connectivity index (χ1) is 5.18. The van der Waals surface area contributed by atoms with Gasteiger partial charge in [-0.2, -0.15) is 0 Å². The van der Waals surface area contributed by atoms with Crippen LogP contribution >= 0.6 is 0 Å². The first-order valence-electron chi connectivity index (χ1n) is 2.93. The molecule has 1 aromatic rings. The zero-order valence-corrected chi connectivity index (χ0v) is 5.64. The van der Waals surface area contributed by atoms with Crippen LogP contribution in [-0.4, -0.2) is 22.4 Å². The third-order valence-corrected chi connectivity index (χ3v) is 0.985. The van der Waals surface area contributed by atoms with E-state index in [0.29, 0.717) is 5.69 Å². The lowest BCUT2D eigenvalue weighted by atomic mass is 10.2. The van der Waals surface area contributed by atoms with Gasteiger partial charge < -0.3 is 20.4 Å². The van der Waals surface area contributed by atoms with E-state index in [0.717, 1.165) is 0 Å². The van der Waals surface area contributed by atoms with Crippen LogP contribution in [0, 0.1) is 0 Å². The summed E-state index contributed by atoms with van der Waals surface area (Å²) in [7, 11) is -1.84. The van der Waals surface area contributed by atoms with Gasteiger partial charge in [-0.05, 0) is 6.07 Å². The van der Waals surface area contributed by atoms with Crippen LogP contribution in [-0.2, 0) is 0 Å². The molecule has 4 N–H and O–H groups in total. The first kappa shape index (κ1) is 7.84. The van der Waals surface area contributed by atoms with Crippen molar-refractivity contribution in [1.29, 1.82) is 0 Å². The van der Waals surface area contributed by atoms with Crippen molar-refractivity contribution in [2.45, 2.75) is 0 Å². The molecule has 5 nitrogen and oxygen atoms in total. The fourth-order valence-electron chi connectivity index (χ4n) is 0.569. The maximum Gasteiger partial charge on any atom is 0.708 e. The highest BCUT2D eigenvalue weighted by molar-refractivity contribution is 6.33. The molecule has 0 aromatic carbocycles. The molecule has 0 atom stereocenters. The zero-order valence-electron chi connectivity index (χ0n) is 5.64. The molecule has 1 aromatic heterocycles. The third-order valence-electron chi connectivity index (χ3n) is 0.985. The largest absolute Gasteiger partial charge is 0.708 e. The predicted octanol–water partition coefficient (Wildman–Crippen LogP) is -0.988. The number of pyridine rings is 1. The number of hydrogen-bond donors (Lipinski definition) is 3. The summed E-state index contributed by atoms with van der Waals surface area (Å²) in [6.45, 7) is 0. The highest BCUT2D eigenvalue weighted by Crippen LogP contribution is 2.07. The van der Waals surface area contributed by atoms with Crippen molar-refractivity contribution >= 4 is 13.0 Å². The molecule has 0 saturated heterocycles. The number of aromatic nitrogens is 1. The molecule has 1 rings (SSSR count). The molecule has 0 fully saturated rings. The first-order valence-corrected chi connectivity index (χ1v) is 2.93. The lowest BCUT2D eigenvalue weighted by Gasteiger charge is -2.01. The van der Waals surface area contributed by atoms with Crippen LogP contribution in [0.1, 0.15) is 0 Å². The Kier molecular flexibility index (Phi) is 2.30. The smallest absolute Gasteiger partial charge is 0.498 e. The number of rotatable bonds is 2. The van der Waals surface area contributed by atoms with Gasteiger partial charge in [0.15, 0.2) is 5.88 Å². The molecular weight excluding hydrogens is 147 g/mol. The Morgan fingerprint density at radius 1 is 1.45 bits per heavy atom. The minimum absolute atomic E-state index is 0.120. The summed E-state index contributed by atoms with van der Waals surface area (Å²) in [5.74, 6) is 0.120. The van der Waals surface area contributed by atoms with Crippen LogP contribution in [0.4, 0.5) is 5.69 Å². The monoisotopic (exact) mass is 154 g/mol. The van der Waals surface area contributed by atoms with E-state index in [1.165, 1.54) is 12.3 Å². The average molecular weight is 154 g/mol. The Balaban J connectivity index is 2.66. The van der Waals surface area contributed by atoms with Crippen LogP contribution in [0.5, 0.6) is 5.88 Å².